The lowest BCUT2D eigenvalue weighted by Gasteiger charge is -2.32. The van der Waals surface area contributed by atoms with Crippen molar-refractivity contribution in [3.63, 3.8) is 0 Å². The molecule has 1 aromatic carbocycles. The van der Waals surface area contributed by atoms with Gasteiger partial charge in [-0.15, -0.1) is 0 Å². The van der Waals surface area contributed by atoms with Crippen molar-refractivity contribution < 1.29 is 13.6 Å². The topological polar surface area (TPSA) is 32.3 Å². The molecule has 0 aromatic heterocycles. The lowest BCUT2D eigenvalue weighted by atomic mass is 9.97. The average molecular weight is 314 g/mol. The first-order valence-corrected chi connectivity index (χ1v) is 7.97. The quantitative estimate of drug-likeness (QED) is 0.848. The highest BCUT2D eigenvalue weighted by atomic mass is 32.2. The highest BCUT2D eigenvalue weighted by Gasteiger charge is 2.24. The number of hydrogen-bond donors (Lipinski definition) is 1. The van der Waals surface area contributed by atoms with Gasteiger partial charge in [0.2, 0.25) is 0 Å². The Morgan fingerprint density at radius 3 is 2.76 bits per heavy atom. The maximum Gasteiger partial charge on any atom is 0.288 e. The Labute approximate surface area is 128 Å². The minimum absolute atomic E-state index is 0.00981. The van der Waals surface area contributed by atoms with E-state index in [9.17, 15) is 13.6 Å². The Hall–Kier alpha value is -1.14. The Bertz CT molecular complexity index is 465. The largest absolute Gasteiger partial charge is 0.338 e. The molecule has 1 amide bonds. The number of hydrogen-bond acceptors (Lipinski definition) is 3. The van der Waals surface area contributed by atoms with E-state index in [-0.39, 0.29) is 5.91 Å². The van der Waals surface area contributed by atoms with Crippen LogP contribution in [0.3, 0.4) is 0 Å². The molecule has 116 valence electrons. The summed E-state index contributed by atoms with van der Waals surface area (Å²) in [7, 11) is 1.92. The summed E-state index contributed by atoms with van der Waals surface area (Å²) < 4.78 is 24.5. The van der Waals surface area contributed by atoms with Gasteiger partial charge in [-0.1, -0.05) is 11.8 Å². The first-order valence-electron chi connectivity index (χ1n) is 7.09. The zero-order valence-corrected chi connectivity index (χ0v) is 12.8. The number of nitrogens with one attached hydrogen (secondary N) is 1. The SMILES string of the molecule is CNCC1CCCN(C(=O)c2ccc(SC(F)F)cc2)C1. The summed E-state index contributed by atoms with van der Waals surface area (Å²) in [6.07, 6.45) is 2.14. The lowest BCUT2D eigenvalue weighted by Crippen LogP contribution is -2.42. The number of alkyl halides is 2. The van der Waals surface area contributed by atoms with E-state index in [4.69, 9.17) is 0 Å². The number of carbonyl (C=O) groups excluding carboxylic acids is 1. The number of benzene rings is 1. The Balaban J connectivity index is 1.98. The third-order valence-electron chi connectivity index (χ3n) is 3.63. The molecule has 1 aliphatic heterocycles. The van der Waals surface area contributed by atoms with Crippen molar-refractivity contribution in [2.24, 2.45) is 5.92 Å². The van der Waals surface area contributed by atoms with Crippen LogP contribution in [0.15, 0.2) is 29.2 Å². The molecule has 0 radical (unpaired) electrons. The van der Waals surface area contributed by atoms with Crippen LogP contribution >= 0.6 is 11.8 Å². The molecule has 0 bridgehead atoms. The molecule has 1 aliphatic rings. The van der Waals surface area contributed by atoms with Gasteiger partial charge in [0.1, 0.15) is 0 Å². The first kappa shape index (κ1) is 16.2. The lowest BCUT2D eigenvalue weighted by molar-refractivity contribution is 0.0674. The third kappa shape index (κ3) is 4.68. The Morgan fingerprint density at radius 1 is 1.43 bits per heavy atom. The molecule has 1 atom stereocenters. The van der Waals surface area contributed by atoms with Crippen LogP contribution in [0, 0.1) is 5.92 Å². The minimum atomic E-state index is -2.43. The van der Waals surface area contributed by atoms with Gasteiger partial charge < -0.3 is 10.2 Å². The summed E-state index contributed by atoms with van der Waals surface area (Å²) in [6.45, 7) is 2.44. The maximum atomic E-state index is 12.4. The van der Waals surface area contributed by atoms with Crippen LogP contribution < -0.4 is 5.32 Å². The fourth-order valence-corrected chi connectivity index (χ4v) is 3.17. The normalized spacial score (nSPS) is 19.0. The summed E-state index contributed by atoms with van der Waals surface area (Å²) in [5.74, 6) is -1.96. The van der Waals surface area contributed by atoms with Gasteiger partial charge in [-0.2, -0.15) is 8.78 Å². The smallest absolute Gasteiger partial charge is 0.288 e. The molecule has 1 aromatic rings. The van der Waals surface area contributed by atoms with E-state index in [2.05, 4.69) is 5.32 Å². The monoisotopic (exact) mass is 314 g/mol. The number of piperidine rings is 1. The van der Waals surface area contributed by atoms with Gasteiger partial charge >= 0.3 is 0 Å². The van der Waals surface area contributed by atoms with E-state index in [1.54, 1.807) is 24.3 Å². The molecule has 0 spiro atoms. The summed E-state index contributed by atoms with van der Waals surface area (Å²) in [6, 6.07) is 6.43. The molecule has 1 heterocycles. The molecular weight excluding hydrogens is 294 g/mol. The standard InChI is InChI=1S/C15H20F2N2OS/c1-18-9-11-3-2-8-19(10-11)14(20)12-4-6-13(7-5-12)21-15(16)17/h4-7,11,15,18H,2-3,8-10H2,1H3. The average Bonchev–Trinajstić information content (AvgIpc) is 2.47. The van der Waals surface area contributed by atoms with Crippen molar-refractivity contribution >= 4 is 17.7 Å². The van der Waals surface area contributed by atoms with Gasteiger partial charge in [-0.25, -0.2) is 0 Å². The van der Waals surface area contributed by atoms with E-state index >= 15 is 0 Å². The van der Waals surface area contributed by atoms with E-state index in [1.807, 2.05) is 11.9 Å². The highest BCUT2D eigenvalue weighted by molar-refractivity contribution is 7.99. The van der Waals surface area contributed by atoms with Crippen LogP contribution in [0.25, 0.3) is 0 Å². The molecule has 1 unspecified atom stereocenters. The van der Waals surface area contributed by atoms with Crippen molar-refractivity contribution in [3.8, 4) is 0 Å². The molecule has 1 saturated heterocycles. The van der Waals surface area contributed by atoms with Crippen LogP contribution in [0.4, 0.5) is 8.78 Å². The molecule has 1 N–H and O–H groups in total. The zero-order chi connectivity index (χ0) is 15.2. The fraction of sp³-hybridized carbons (Fsp3) is 0.533. The van der Waals surface area contributed by atoms with Crippen molar-refractivity contribution in [1.82, 2.24) is 10.2 Å². The van der Waals surface area contributed by atoms with Crippen LogP contribution in [-0.2, 0) is 0 Å². The zero-order valence-electron chi connectivity index (χ0n) is 12.0. The number of nitrogens with zero attached hydrogens (tertiary/aromatic N) is 1. The number of thioether (sulfide) groups is 1. The Kier molecular flexibility index (Phi) is 5.99. The number of halogens is 2. The van der Waals surface area contributed by atoms with Crippen molar-refractivity contribution in [3.05, 3.63) is 29.8 Å². The predicted molar refractivity (Wildman–Crippen MR) is 80.9 cm³/mol. The van der Waals surface area contributed by atoms with Crippen molar-refractivity contribution in [1.29, 1.82) is 0 Å². The number of likely N-dealkylation sites (tertiary alicyclic amines) is 1. The van der Waals surface area contributed by atoms with Crippen LogP contribution in [0.1, 0.15) is 23.2 Å². The van der Waals surface area contributed by atoms with E-state index in [0.29, 0.717) is 28.1 Å². The van der Waals surface area contributed by atoms with E-state index in [1.165, 1.54) is 0 Å². The van der Waals surface area contributed by atoms with Gasteiger partial charge in [-0.05, 0) is 56.6 Å². The van der Waals surface area contributed by atoms with Gasteiger partial charge in [0.05, 0.1) is 0 Å². The number of amides is 1. The second kappa shape index (κ2) is 7.75. The number of carbonyl (C=O) groups is 1. The maximum absolute atomic E-state index is 12.4. The summed E-state index contributed by atoms with van der Waals surface area (Å²) in [5, 5.41) is 3.15. The van der Waals surface area contributed by atoms with E-state index in [0.717, 1.165) is 32.5 Å². The Morgan fingerprint density at radius 2 is 2.14 bits per heavy atom. The predicted octanol–water partition coefficient (Wildman–Crippen LogP) is 3.07. The molecule has 1 fully saturated rings. The first-order chi connectivity index (χ1) is 10.1. The fourth-order valence-electron chi connectivity index (χ4n) is 2.67. The van der Waals surface area contributed by atoms with Crippen LogP contribution in [0.2, 0.25) is 0 Å². The molecule has 0 saturated carbocycles. The molecule has 3 nitrogen and oxygen atoms in total. The second-order valence-electron chi connectivity index (χ2n) is 5.22. The van der Waals surface area contributed by atoms with Crippen molar-refractivity contribution in [2.45, 2.75) is 23.5 Å². The second-order valence-corrected chi connectivity index (χ2v) is 6.28. The summed E-state index contributed by atoms with van der Waals surface area (Å²) in [4.78, 5) is 14.8. The summed E-state index contributed by atoms with van der Waals surface area (Å²) >= 11 is 0.495. The van der Waals surface area contributed by atoms with E-state index < -0.39 is 5.76 Å². The van der Waals surface area contributed by atoms with Crippen molar-refractivity contribution in [2.75, 3.05) is 26.7 Å². The molecule has 2 rings (SSSR count). The van der Waals surface area contributed by atoms with Crippen LogP contribution in [0.5, 0.6) is 0 Å². The third-order valence-corrected chi connectivity index (χ3v) is 4.35. The van der Waals surface area contributed by atoms with Gasteiger partial charge in [0.25, 0.3) is 11.7 Å². The molecule has 6 heteroatoms. The molecular formula is C15H20F2N2OS. The number of rotatable bonds is 5. The summed E-state index contributed by atoms with van der Waals surface area (Å²) in [5.41, 5.74) is 0.568. The minimum Gasteiger partial charge on any atom is -0.338 e. The van der Waals surface area contributed by atoms with Crippen LogP contribution in [-0.4, -0.2) is 43.2 Å². The van der Waals surface area contributed by atoms with Gasteiger partial charge in [-0.3, -0.25) is 4.79 Å². The van der Waals surface area contributed by atoms with Gasteiger partial charge in [0.15, 0.2) is 0 Å². The molecule has 21 heavy (non-hydrogen) atoms. The van der Waals surface area contributed by atoms with Gasteiger partial charge in [0, 0.05) is 23.5 Å². The molecule has 0 aliphatic carbocycles. The highest BCUT2D eigenvalue weighted by Crippen LogP contribution is 2.26.